The Morgan fingerprint density at radius 3 is 0.728 bits per heavy atom. The van der Waals surface area contributed by atoms with Gasteiger partial charge in [-0.15, -0.1) is 0 Å². The molecule has 9 nitrogen and oxygen atoms in total. The molecule has 3 aromatic heterocycles. The first-order valence-electron chi connectivity index (χ1n) is 26.4. The Hall–Kier alpha value is -11.5. The van der Waals surface area contributed by atoms with E-state index in [1.165, 1.54) is 0 Å². The van der Waals surface area contributed by atoms with Crippen molar-refractivity contribution in [3.05, 3.63) is 242 Å². The van der Waals surface area contributed by atoms with Gasteiger partial charge >= 0.3 is 0 Å². The van der Waals surface area contributed by atoms with Gasteiger partial charge in [-0.3, -0.25) is 0 Å². The van der Waals surface area contributed by atoms with E-state index in [4.69, 9.17) is 13.1 Å². The molecule has 0 saturated carbocycles. The molecule has 0 atom stereocenters. The van der Waals surface area contributed by atoms with Crippen molar-refractivity contribution in [3.63, 3.8) is 0 Å². The monoisotopic (exact) mass is 1040 g/mol. The molecule has 378 valence electrons. The number of hydrogen-bond donors (Lipinski definition) is 0. The third kappa shape index (κ3) is 7.70. The number of aryl methyl sites for hydroxylation is 6. The standard InChI is InChI=1S/C72H45N9/c1-40-9-15-64-56(21-40)57-22-41(2)10-16-65(57)79(64)70-52(36-73)30-49(31-53(70)37-74)46-27-47(50-32-54(38-75)71(62(34-50)77-7)80-66-17-11-42(3)23-58(66)59-24-43(4)12-18-67(59)80)29-48(28-46)51-33-55(39-76)72(63(35-51)78-8)81-68-19-13-44(5)25-60(68)61-26-45(6)14-20-69(61)81/h9-35H,1-6H3. The normalized spacial score (nSPS) is 11.3. The summed E-state index contributed by atoms with van der Waals surface area (Å²) in [5.41, 5.74) is 18.4. The van der Waals surface area contributed by atoms with Crippen molar-refractivity contribution >= 4 is 76.8 Å². The second kappa shape index (κ2) is 18.6. The molecule has 13 rings (SSSR count). The van der Waals surface area contributed by atoms with Gasteiger partial charge in [-0.25, -0.2) is 9.69 Å². The van der Waals surface area contributed by atoms with Crippen LogP contribution in [0.3, 0.4) is 0 Å². The maximum absolute atomic E-state index is 11.2. The molecule has 3 heterocycles. The van der Waals surface area contributed by atoms with Crippen molar-refractivity contribution in [2.45, 2.75) is 41.5 Å². The van der Waals surface area contributed by atoms with E-state index >= 15 is 0 Å². The van der Waals surface area contributed by atoms with Crippen LogP contribution in [0.15, 0.2) is 164 Å². The first kappa shape index (κ1) is 49.1. The van der Waals surface area contributed by atoms with Crippen LogP contribution in [0.5, 0.6) is 0 Å². The third-order valence-electron chi connectivity index (χ3n) is 15.8. The molecule has 0 radical (unpaired) electrons. The lowest BCUT2D eigenvalue weighted by molar-refractivity contribution is 1.15. The number of fused-ring (bicyclic) bond motifs is 9. The first-order valence-corrected chi connectivity index (χ1v) is 26.4. The van der Waals surface area contributed by atoms with Gasteiger partial charge in [0.05, 0.1) is 97.7 Å². The van der Waals surface area contributed by atoms with Crippen LogP contribution >= 0.6 is 0 Å². The Kier molecular flexibility index (Phi) is 11.3. The van der Waals surface area contributed by atoms with Crippen LogP contribution in [0.2, 0.25) is 0 Å². The van der Waals surface area contributed by atoms with Gasteiger partial charge in [0.15, 0.2) is 0 Å². The Bertz CT molecular complexity index is 4450. The van der Waals surface area contributed by atoms with Crippen LogP contribution in [0.4, 0.5) is 11.4 Å². The molecular weight excluding hydrogens is 991 g/mol. The molecule has 0 aliphatic rings. The molecule has 0 aliphatic heterocycles. The molecular formula is C72H45N9. The summed E-state index contributed by atoms with van der Waals surface area (Å²) in [6.07, 6.45) is 0. The Balaban J connectivity index is 1.07. The van der Waals surface area contributed by atoms with Crippen LogP contribution < -0.4 is 0 Å². The highest BCUT2D eigenvalue weighted by atomic mass is 15.0. The minimum absolute atomic E-state index is 0.262. The number of rotatable bonds is 6. The maximum atomic E-state index is 11.2. The molecule has 0 aliphatic carbocycles. The van der Waals surface area contributed by atoms with Gasteiger partial charge in [-0.05, 0) is 202 Å². The fourth-order valence-corrected chi connectivity index (χ4v) is 12.2. The van der Waals surface area contributed by atoms with Gasteiger partial charge in [0.1, 0.15) is 12.1 Å². The van der Waals surface area contributed by atoms with Crippen molar-refractivity contribution in [2.75, 3.05) is 0 Å². The lowest BCUT2D eigenvalue weighted by atomic mass is 9.90. The van der Waals surface area contributed by atoms with Crippen molar-refractivity contribution in [3.8, 4) is 74.7 Å². The molecule has 0 spiro atoms. The van der Waals surface area contributed by atoms with Crippen LogP contribution in [-0.2, 0) is 0 Å². The second-order valence-corrected chi connectivity index (χ2v) is 21.3. The maximum Gasteiger partial charge on any atom is 0.212 e. The molecule has 10 aromatic carbocycles. The smallest absolute Gasteiger partial charge is 0.212 e. The summed E-state index contributed by atoms with van der Waals surface area (Å²) in [6, 6.07) is 63.8. The molecule has 0 N–H and O–H groups in total. The van der Waals surface area contributed by atoms with Crippen LogP contribution in [0.1, 0.15) is 55.6 Å². The minimum atomic E-state index is 0.262. The predicted molar refractivity (Wildman–Crippen MR) is 326 cm³/mol. The SMILES string of the molecule is [C-]#[N+]c1cc(-c2cc(-c3cc(C#N)c(-n4c5ccc(C)cc5c5cc(C)ccc54)c(C#N)c3)cc(-c3cc(C#N)c(-n4c5ccc(C)cc5c5cc(C)ccc54)c([N+]#[C-])c3)c2)cc(C#N)c1-n1c2ccc(C)cc2c2cc(C)ccc21. The molecule has 0 bridgehead atoms. The molecule has 0 amide bonds. The highest BCUT2D eigenvalue weighted by Crippen LogP contribution is 2.46. The fourth-order valence-electron chi connectivity index (χ4n) is 12.2. The van der Waals surface area contributed by atoms with E-state index in [1.807, 2.05) is 143 Å². The van der Waals surface area contributed by atoms with Gasteiger partial charge in [0.2, 0.25) is 11.4 Å². The zero-order valence-electron chi connectivity index (χ0n) is 45.1. The summed E-state index contributed by atoms with van der Waals surface area (Å²) in [5.74, 6) is 0. The third-order valence-corrected chi connectivity index (χ3v) is 15.8. The average molecular weight is 1040 g/mol. The zero-order valence-corrected chi connectivity index (χ0v) is 45.1. The predicted octanol–water partition coefficient (Wildman–Crippen LogP) is 18.4. The van der Waals surface area contributed by atoms with E-state index in [1.54, 1.807) is 12.1 Å². The summed E-state index contributed by atoms with van der Waals surface area (Å²) < 4.78 is 6.05. The van der Waals surface area contributed by atoms with Gasteiger partial charge in [0, 0.05) is 32.3 Å². The lowest BCUT2D eigenvalue weighted by Gasteiger charge is -2.18. The van der Waals surface area contributed by atoms with Gasteiger partial charge in [-0.2, -0.15) is 21.0 Å². The molecule has 0 unspecified atom stereocenters. The highest BCUT2D eigenvalue weighted by Gasteiger charge is 2.25. The quantitative estimate of drug-likeness (QED) is 0.154. The number of benzene rings is 10. The van der Waals surface area contributed by atoms with Gasteiger partial charge < -0.3 is 13.7 Å². The van der Waals surface area contributed by atoms with Gasteiger partial charge in [0.25, 0.3) is 0 Å². The fraction of sp³-hybridized carbons (Fsp3) is 0.0833. The molecule has 13 aromatic rings. The summed E-state index contributed by atoms with van der Waals surface area (Å²) >= 11 is 0. The van der Waals surface area contributed by atoms with E-state index in [0.717, 1.165) is 98.8 Å². The summed E-state index contributed by atoms with van der Waals surface area (Å²) in [6.45, 7) is 29.7. The van der Waals surface area contributed by atoms with Crippen molar-refractivity contribution in [2.24, 2.45) is 0 Å². The molecule has 81 heavy (non-hydrogen) atoms. The zero-order chi connectivity index (χ0) is 56.1. The van der Waals surface area contributed by atoms with Crippen LogP contribution in [0.25, 0.3) is 126 Å². The second-order valence-electron chi connectivity index (χ2n) is 21.3. The van der Waals surface area contributed by atoms with E-state index in [0.29, 0.717) is 50.4 Å². The van der Waals surface area contributed by atoms with E-state index in [2.05, 4.69) is 98.1 Å². The van der Waals surface area contributed by atoms with Gasteiger partial charge in [-0.1, -0.05) is 69.8 Å². The summed E-state index contributed by atoms with van der Waals surface area (Å²) in [5, 5.41) is 50.8. The van der Waals surface area contributed by atoms with Crippen molar-refractivity contribution in [1.29, 1.82) is 21.0 Å². The van der Waals surface area contributed by atoms with E-state index in [9.17, 15) is 21.0 Å². The van der Waals surface area contributed by atoms with Crippen LogP contribution in [-0.4, -0.2) is 13.7 Å². The minimum Gasteiger partial charge on any atom is -0.318 e. The molecule has 9 heteroatoms. The Morgan fingerprint density at radius 1 is 0.284 bits per heavy atom. The number of nitriles is 4. The average Bonchev–Trinajstić information content (AvgIpc) is 3.48. The first-order chi connectivity index (χ1) is 39.3. The lowest BCUT2D eigenvalue weighted by Crippen LogP contribution is -2.02. The number of nitrogens with zero attached hydrogens (tertiary/aromatic N) is 9. The largest absolute Gasteiger partial charge is 0.318 e. The highest BCUT2D eigenvalue weighted by molar-refractivity contribution is 6.13. The summed E-state index contributed by atoms with van der Waals surface area (Å²) in [4.78, 5) is 8.25. The molecule has 0 fully saturated rings. The summed E-state index contributed by atoms with van der Waals surface area (Å²) in [7, 11) is 0. The van der Waals surface area contributed by atoms with Crippen molar-refractivity contribution < 1.29 is 0 Å². The van der Waals surface area contributed by atoms with Crippen LogP contribution in [0, 0.1) is 100 Å². The topological polar surface area (TPSA) is 119 Å². The number of aromatic nitrogens is 3. The molecule has 0 saturated heterocycles. The number of hydrogen-bond acceptors (Lipinski definition) is 4. The Labute approximate surface area is 467 Å². The Morgan fingerprint density at radius 2 is 0.494 bits per heavy atom. The van der Waals surface area contributed by atoms with E-state index in [-0.39, 0.29) is 33.6 Å². The van der Waals surface area contributed by atoms with E-state index < -0.39 is 0 Å². The van der Waals surface area contributed by atoms with Crippen molar-refractivity contribution in [1.82, 2.24) is 13.7 Å².